The van der Waals surface area contributed by atoms with Crippen molar-refractivity contribution in [2.45, 2.75) is 44.0 Å². The van der Waals surface area contributed by atoms with Gasteiger partial charge in [-0.1, -0.05) is 45.0 Å². The number of carbonyl (C=O) groups excluding carboxylic acids is 1. The van der Waals surface area contributed by atoms with E-state index in [0.717, 1.165) is 25.8 Å². The maximum atomic E-state index is 12.2. The van der Waals surface area contributed by atoms with E-state index in [0.29, 0.717) is 10.8 Å². The van der Waals surface area contributed by atoms with E-state index in [4.69, 9.17) is 4.74 Å². The van der Waals surface area contributed by atoms with Crippen LogP contribution < -0.4 is 5.32 Å². The number of benzene rings is 1. The molecular formula is C18H27NO4S2. The lowest BCUT2D eigenvalue weighted by Crippen LogP contribution is -2.34. The zero-order valence-corrected chi connectivity index (χ0v) is 16.5. The van der Waals surface area contributed by atoms with Crippen molar-refractivity contribution in [1.29, 1.82) is 0 Å². The molecule has 0 aromatic heterocycles. The summed E-state index contributed by atoms with van der Waals surface area (Å²) < 4.78 is 29.6. The second-order valence-electron chi connectivity index (χ2n) is 5.64. The maximum absolute atomic E-state index is 12.2. The summed E-state index contributed by atoms with van der Waals surface area (Å²) in [6.07, 6.45) is 3.03. The Morgan fingerprint density at radius 3 is 2.56 bits per heavy atom. The third-order valence-electron chi connectivity index (χ3n) is 3.58. The van der Waals surface area contributed by atoms with Gasteiger partial charge in [0, 0.05) is 17.4 Å². The van der Waals surface area contributed by atoms with Gasteiger partial charge >= 0.3 is 5.97 Å². The molecule has 1 aromatic rings. The summed E-state index contributed by atoms with van der Waals surface area (Å²) in [5, 5.41) is 3.33. The largest absolute Gasteiger partial charge is 0.461 e. The number of unbranched alkanes of at least 4 members (excludes halogenated alkanes) is 1. The monoisotopic (exact) mass is 385 g/mol. The summed E-state index contributed by atoms with van der Waals surface area (Å²) >= 11 is 0. The smallest absolute Gasteiger partial charge is 0.334 e. The highest BCUT2D eigenvalue weighted by molar-refractivity contribution is 8.72. The summed E-state index contributed by atoms with van der Waals surface area (Å²) in [6.45, 7) is 8.94. The van der Waals surface area contributed by atoms with E-state index in [9.17, 15) is 13.2 Å². The predicted molar refractivity (Wildman–Crippen MR) is 103 cm³/mol. The Balaban J connectivity index is 2.42. The lowest BCUT2D eigenvalue weighted by Gasteiger charge is -2.17. The maximum Gasteiger partial charge on any atom is 0.334 e. The topological polar surface area (TPSA) is 72.5 Å². The van der Waals surface area contributed by atoms with Crippen LogP contribution in [0.15, 0.2) is 47.4 Å². The van der Waals surface area contributed by atoms with E-state index < -0.39 is 14.8 Å². The van der Waals surface area contributed by atoms with Gasteiger partial charge in [0.2, 0.25) is 8.87 Å². The van der Waals surface area contributed by atoms with Gasteiger partial charge in [-0.3, -0.25) is 0 Å². The highest BCUT2D eigenvalue weighted by atomic mass is 33.1. The zero-order valence-electron chi connectivity index (χ0n) is 14.9. The molecule has 0 heterocycles. The van der Waals surface area contributed by atoms with E-state index in [2.05, 4.69) is 18.8 Å². The minimum absolute atomic E-state index is 0.0177. The first-order valence-corrected chi connectivity index (χ1v) is 11.4. The molecular weight excluding hydrogens is 358 g/mol. The lowest BCUT2D eigenvalue weighted by molar-refractivity contribution is -0.139. The molecule has 0 saturated heterocycles. The molecule has 0 bridgehead atoms. The second-order valence-corrected chi connectivity index (χ2v) is 9.57. The van der Waals surface area contributed by atoms with Crippen molar-refractivity contribution in [1.82, 2.24) is 5.32 Å². The lowest BCUT2D eigenvalue weighted by atomic mass is 10.2. The Hall–Kier alpha value is -1.31. The fourth-order valence-electron chi connectivity index (χ4n) is 1.95. The van der Waals surface area contributed by atoms with Crippen molar-refractivity contribution < 1.29 is 17.9 Å². The molecule has 1 atom stereocenters. The molecule has 1 unspecified atom stereocenters. The molecule has 7 heteroatoms. The Kier molecular flexibility index (Phi) is 9.85. The van der Waals surface area contributed by atoms with Gasteiger partial charge in [-0.2, -0.15) is 0 Å². The van der Waals surface area contributed by atoms with E-state index in [1.54, 1.807) is 18.2 Å². The fourth-order valence-corrected chi connectivity index (χ4v) is 4.62. The predicted octanol–water partition coefficient (Wildman–Crippen LogP) is 3.38. The number of hydrogen-bond donors (Lipinski definition) is 1. The molecule has 0 saturated carbocycles. The number of hydrogen-bond acceptors (Lipinski definition) is 6. The van der Waals surface area contributed by atoms with Crippen LogP contribution in [-0.2, 0) is 18.4 Å². The minimum atomic E-state index is -3.50. The van der Waals surface area contributed by atoms with Gasteiger partial charge in [0.05, 0.1) is 4.90 Å². The van der Waals surface area contributed by atoms with Crippen LogP contribution in [0.4, 0.5) is 0 Å². The van der Waals surface area contributed by atoms with Crippen LogP contribution in [0.2, 0.25) is 0 Å². The number of rotatable bonds is 12. The minimum Gasteiger partial charge on any atom is -0.461 e. The van der Waals surface area contributed by atoms with Crippen LogP contribution >= 0.6 is 10.8 Å². The third-order valence-corrected chi connectivity index (χ3v) is 7.07. The van der Waals surface area contributed by atoms with Crippen LogP contribution in [0.5, 0.6) is 0 Å². The Labute approximate surface area is 154 Å². The molecule has 1 rings (SSSR count). The van der Waals surface area contributed by atoms with Crippen LogP contribution in [0, 0.1) is 0 Å². The molecule has 5 nitrogen and oxygen atoms in total. The summed E-state index contributed by atoms with van der Waals surface area (Å²) in [4.78, 5) is 12.2. The molecule has 0 aliphatic rings. The Morgan fingerprint density at radius 1 is 1.28 bits per heavy atom. The van der Waals surface area contributed by atoms with Crippen LogP contribution in [0.3, 0.4) is 0 Å². The highest BCUT2D eigenvalue weighted by Crippen LogP contribution is 2.24. The fraction of sp³-hybridized carbons (Fsp3) is 0.500. The average Bonchev–Trinajstić information content (AvgIpc) is 2.63. The van der Waals surface area contributed by atoms with Gasteiger partial charge in [-0.15, -0.1) is 0 Å². The SMILES string of the molecule is C=C(CSS(=O)(=O)c1ccccc1)C(=O)OCC(CC)NCCCC. The molecule has 0 amide bonds. The van der Waals surface area contributed by atoms with Gasteiger partial charge < -0.3 is 10.1 Å². The van der Waals surface area contributed by atoms with E-state index >= 15 is 0 Å². The van der Waals surface area contributed by atoms with Crippen molar-refractivity contribution in [3.05, 3.63) is 42.5 Å². The van der Waals surface area contributed by atoms with Crippen LogP contribution in [-0.4, -0.2) is 39.3 Å². The van der Waals surface area contributed by atoms with Crippen LogP contribution in [0.25, 0.3) is 0 Å². The van der Waals surface area contributed by atoms with Crippen molar-refractivity contribution in [2.24, 2.45) is 0 Å². The number of ether oxygens (including phenoxy) is 1. The molecule has 0 fully saturated rings. The first-order valence-electron chi connectivity index (χ1n) is 8.43. The first kappa shape index (κ1) is 21.7. The summed E-state index contributed by atoms with van der Waals surface area (Å²) in [5.74, 6) is -0.567. The van der Waals surface area contributed by atoms with E-state index in [-0.39, 0.29) is 28.9 Å². The van der Waals surface area contributed by atoms with Gasteiger partial charge in [-0.25, -0.2) is 13.2 Å². The molecule has 0 aliphatic heterocycles. The van der Waals surface area contributed by atoms with Gasteiger partial charge in [0.15, 0.2) is 0 Å². The number of nitrogens with one attached hydrogen (secondary N) is 1. The Morgan fingerprint density at radius 2 is 1.96 bits per heavy atom. The zero-order chi connectivity index (χ0) is 18.7. The molecule has 140 valence electrons. The molecule has 0 radical (unpaired) electrons. The third kappa shape index (κ3) is 8.07. The van der Waals surface area contributed by atoms with E-state index in [1.807, 2.05) is 6.92 Å². The average molecular weight is 386 g/mol. The normalized spacial score (nSPS) is 12.6. The molecule has 0 spiro atoms. The van der Waals surface area contributed by atoms with Gasteiger partial charge in [-0.05, 0) is 42.3 Å². The molecule has 0 aliphatic carbocycles. The standard InChI is InChI=1S/C18H27NO4S2/c1-4-6-12-19-16(5-2)13-23-18(20)15(3)14-24-25(21,22)17-10-8-7-9-11-17/h7-11,16,19H,3-6,12-14H2,1-2H3. The summed E-state index contributed by atoms with van der Waals surface area (Å²) in [5.41, 5.74) is 0.146. The molecule has 1 N–H and O–H groups in total. The van der Waals surface area contributed by atoms with Crippen molar-refractivity contribution in [3.63, 3.8) is 0 Å². The Bertz CT molecular complexity index is 644. The van der Waals surface area contributed by atoms with Crippen molar-refractivity contribution in [3.8, 4) is 0 Å². The number of esters is 1. The quantitative estimate of drug-likeness (QED) is 0.257. The summed E-state index contributed by atoms with van der Waals surface area (Å²) in [6, 6.07) is 8.22. The molecule has 1 aromatic carbocycles. The van der Waals surface area contributed by atoms with Gasteiger partial charge in [0.25, 0.3) is 0 Å². The summed E-state index contributed by atoms with van der Waals surface area (Å²) in [7, 11) is -2.82. The molecule has 25 heavy (non-hydrogen) atoms. The van der Waals surface area contributed by atoms with Crippen LogP contribution in [0.1, 0.15) is 33.1 Å². The first-order chi connectivity index (χ1) is 11.9. The second kappa shape index (κ2) is 11.3. The van der Waals surface area contributed by atoms with Crippen molar-refractivity contribution in [2.75, 3.05) is 18.9 Å². The highest BCUT2D eigenvalue weighted by Gasteiger charge is 2.19. The van der Waals surface area contributed by atoms with Crippen molar-refractivity contribution >= 4 is 25.6 Å². The van der Waals surface area contributed by atoms with Gasteiger partial charge in [0.1, 0.15) is 6.61 Å². The number of carbonyl (C=O) groups is 1. The van der Waals surface area contributed by atoms with E-state index in [1.165, 1.54) is 12.1 Å².